The number of ether oxygens (including phenoxy) is 1. The molecule has 1 aliphatic rings. The van der Waals surface area contributed by atoms with E-state index in [4.69, 9.17) is 4.74 Å². The van der Waals surface area contributed by atoms with E-state index in [1.54, 1.807) is 31.4 Å². The van der Waals surface area contributed by atoms with Gasteiger partial charge < -0.3 is 20.1 Å². The maximum absolute atomic E-state index is 11.5. The first-order valence-corrected chi connectivity index (χ1v) is 8.42. The summed E-state index contributed by atoms with van der Waals surface area (Å²) in [4.78, 5) is 11.5. The summed E-state index contributed by atoms with van der Waals surface area (Å²) in [6.07, 6.45) is 3.41. The molecule has 0 aliphatic heterocycles. The minimum absolute atomic E-state index is 0.0532. The number of aromatic hydroxyl groups is 2. The molecule has 0 atom stereocenters. The van der Waals surface area contributed by atoms with Gasteiger partial charge in [0.05, 0.1) is 12.7 Å². The van der Waals surface area contributed by atoms with E-state index in [0.29, 0.717) is 11.3 Å². The average molecular weight is 342 g/mol. The monoisotopic (exact) mass is 342 g/mol. The Morgan fingerprint density at radius 2 is 1.60 bits per heavy atom. The third kappa shape index (κ3) is 3.55. The van der Waals surface area contributed by atoms with Crippen LogP contribution in [0.3, 0.4) is 0 Å². The topological polar surface area (TPSA) is 87.0 Å². The predicted octanol–water partition coefficient (Wildman–Crippen LogP) is 4.25. The number of aromatic carboxylic acids is 1. The molecule has 2 aromatic rings. The van der Waals surface area contributed by atoms with E-state index >= 15 is 0 Å². The van der Waals surface area contributed by atoms with Gasteiger partial charge in [0.2, 0.25) is 0 Å². The highest BCUT2D eigenvalue weighted by molar-refractivity contribution is 5.89. The zero-order valence-corrected chi connectivity index (χ0v) is 14.1. The lowest BCUT2D eigenvalue weighted by atomic mass is 9.75. The first-order chi connectivity index (χ1) is 12.0. The van der Waals surface area contributed by atoms with Crippen molar-refractivity contribution < 1.29 is 24.9 Å². The summed E-state index contributed by atoms with van der Waals surface area (Å²) in [5.41, 5.74) is 2.00. The van der Waals surface area contributed by atoms with Crippen molar-refractivity contribution in [3.05, 3.63) is 53.1 Å². The van der Waals surface area contributed by atoms with Crippen LogP contribution >= 0.6 is 0 Å². The third-order valence-electron chi connectivity index (χ3n) is 5.11. The summed E-state index contributed by atoms with van der Waals surface area (Å²) >= 11 is 0. The van der Waals surface area contributed by atoms with E-state index in [1.165, 1.54) is 6.07 Å². The Morgan fingerprint density at radius 1 is 0.960 bits per heavy atom. The standard InChI is InChI=1S/C20H22O5/c1-25-15-7-9-17(20(23)24)18(11-15)13-4-2-12(3-5-13)16-8-6-14(21)10-19(16)22/h6-13,21-22H,2-5H2,1H3,(H,23,24)/t12-,13-. The molecule has 0 saturated heterocycles. The van der Waals surface area contributed by atoms with Gasteiger partial charge in [-0.2, -0.15) is 0 Å². The first-order valence-electron chi connectivity index (χ1n) is 8.42. The highest BCUT2D eigenvalue weighted by Gasteiger charge is 2.28. The molecule has 0 amide bonds. The van der Waals surface area contributed by atoms with E-state index in [9.17, 15) is 20.1 Å². The zero-order valence-electron chi connectivity index (χ0n) is 14.1. The third-order valence-corrected chi connectivity index (χ3v) is 5.11. The van der Waals surface area contributed by atoms with Crippen LogP contribution in [-0.4, -0.2) is 28.4 Å². The van der Waals surface area contributed by atoms with Gasteiger partial charge in [-0.3, -0.25) is 0 Å². The van der Waals surface area contributed by atoms with Crippen molar-refractivity contribution in [2.45, 2.75) is 37.5 Å². The van der Waals surface area contributed by atoms with Crippen LogP contribution in [0.4, 0.5) is 0 Å². The smallest absolute Gasteiger partial charge is 0.335 e. The molecule has 5 nitrogen and oxygen atoms in total. The van der Waals surface area contributed by atoms with Crippen molar-refractivity contribution in [2.24, 2.45) is 0 Å². The van der Waals surface area contributed by atoms with Gasteiger partial charge in [-0.05, 0) is 72.9 Å². The molecule has 0 heterocycles. The van der Waals surface area contributed by atoms with Crippen molar-refractivity contribution in [1.29, 1.82) is 0 Å². The van der Waals surface area contributed by atoms with Crippen LogP contribution < -0.4 is 4.74 Å². The summed E-state index contributed by atoms with van der Waals surface area (Å²) in [6, 6.07) is 9.83. The number of hydrogen-bond acceptors (Lipinski definition) is 4. The van der Waals surface area contributed by atoms with Gasteiger partial charge in [0.15, 0.2) is 0 Å². The molecule has 0 unspecified atom stereocenters. The molecule has 132 valence electrons. The number of carboxylic acids is 1. The van der Waals surface area contributed by atoms with E-state index in [1.807, 2.05) is 6.07 Å². The van der Waals surface area contributed by atoms with Crippen LogP contribution in [0.15, 0.2) is 36.4 Å². The summed E-state index contributed by atoms with van der Waals surface area (Å²) in [6.45, 7) is 0. The second kappa shape index (κ2) is 7.05. The van der Waals surface area contributed by atoms with E-state index in [0.717, 1.165) is 36.8 Å². The maximum atomic E-state index is 11.5. The molecule has 0 spiro atoms. The molecule has 3 N–H and O–H groups in total. The quantitative estimate of drug-likeness (QED) is 0.773. The van der Waals surface area contributed by atoms with Crippen molar-refractivity contribution in [3.63, 3.8) is 0 Å². The summed E-state index contributed by atoms with van der Waals surface area (Å²) in [7, 11) is 1.57. The Balaban J connectivity index is 1.79. The van der Waals surface area contributed by atoms with Gasteiger partial charge in [-0.1, -0.05) is 6.07 Å². The number of benzene rings is 2. The lowest BCUT2D eigenvalue weighted by Crippen LogP contribution is -2.15. The molecule has 25 heavy (non-hydrogen) atoms. The molecular weight excluding hydrogens is 320 g/mol. The molecule has 5 heteroatoms. The first kappa shape index (κ1) is 17.1. The van der Waals surface area contributed by atoms with Gasteiger partial charge in [-0.25, -0.2) is 4.79 Å². The molecule has 2 aromatic carbocycles. The van der Waals surface area contributed by atoms with Crippen LogP contribution in [0.1, 0.15) is 59.0 Å². The molecule has 0 radical (unpaired) electrons. The van der Waals surface area contributed by atoms with Crippen molar-refractivity contribution in [2.75, 3.05) is 7.11 Å². The summed E-state index contributed by atoms with van der Waals surface area (Å²) < 4.78 is 5.25. The Morgan fingerprint density at radius 3 is 2.16 bits per heavy atom. The van der Waals surface area contributed by atoms with Gasteiger partial charge >= 0.3 is 5.97 Å². The van der Waals surface area contributed by atoms with Crippen LogP contribution in [0.5, 0.6) is 17.2 Å². The van der Waals surface area contributed by atoms with Gasteiger partial charge in [0.1, 0.15) is 17.2 Å². The Labute approximate surface area is 146 Å². The summed E-state index contributed by atoms with van der Waals surface area (Å²) in [5.74, 6) is 0.301. The fourth-order valence-electron chi connectivity index (χ4n) is 3.79. The largest absolute Gasteiger partial charge is 0.508 e. The second-order valence-electron chi connectivity index (χ2n) is 6.55. The average Bonchev–Trinajstić information content (AvgIpc) is 2.61. The van der Waals surface area contributed by atoms with Gasteiger partial charge in [-0.15, -0.1) is 0 Å². The highest BCUT2D eigenvalue weighted by atomic mass is 16.5. The van der Waals surface area contributed by atoms with Gasteiger partial charge in [0.25, 0.3) is 0 Å². The van der Waals surface area contributed by atoms with Crippen LogP contribution in [0.25, 0.3) is 0 Å². The van der Waals surface area contributed by atoms with E-state index < -0.39 is 5.97 Å². The number of rotatable bonds is 4. The Kier molecular flexibility index (Phi) is 4.83. The number of methoxy groups -OCH3 is 1. The molecule has 1 fully saturated rings. The van der Waals surface area contributed by atoms with Crippen LogP contribution in [0.2, 0.25) is 0 Å². The van der Waals surface area contributed by atoms with Crippen LogP contribution in [0, 0.1) is 0 Å². The molecule has 1 saturated carbocycles. The lowest BCUT2D eigenvalue weighted by Gasteiger charge is -2.30. The maximum Gasteiger partial charge on any atom is 0.335 e. The summed E-state index contributed by atoms with van der Waals surface area (Å²) in [5, 5.41) is 28.9. The normalized spacial score (nSPS) is 20.2. The second-order valence-corrected chi connectivity index (χ2v) is 6.55. The number of phenols is 2. The molecule has 0 bridgehead atoms. The fourth-order valence-corrected chi connectivity index (χ4v) is 3.79. The van der Waals surface area contributed by atoms with Gasteiger partial charge in [0, 0.05) is 6.07 Å². The SMILES string of the molecule is COc1ccc(C(=O)O)c([C@H]2CC[C@H](c3ccc(O)cc3O)CC2)c1. The van der Waals surface area contributed by atoms with Crippen LogP contribution in [-0.2, 0) is 0 Å². The number of carbonyl (C=O) groups is 1. The molecule has 3 rings (SSSR count). The lowest BCUT2D eigenvalue weighted by molar-refractivity contribution is 0.0694. The van der Waals surface area contributed by atoms with Crippen molar-refractivity contribution in [1.82, 2.24) is 0 Å². The number of phenolic OH excluding ortho intramolecular Hbond substituents is 2. The Hall–Kier alpha value is -2.69. The Bertz CT molecular complexity index is 776. The number of hydrogen-bond donors (Lipinski definition) is 3. The predicted molar refractivity (Wildman–Crippen MR) is 93.7 cm³/mol. The molecule has 1 aliphatic carbocycles. The fraction of sp³-hybridized carbons (Fsp3) is 0.350. The van der Waals surface area contributed by atoms with E-state index in [2.05, 4.69) is 0 Å². The van der Waals surface area contributed by atoms with Crippen molar-refractivity contribution in [3.8, 4) is 17.2 Å². The minimum atomic E-state index is -0.920. The zero-order chi connectivity index (χ0) is 18.0. The molecular formula is C20H22O5. The molecule has 0 aromatic heterocycles. The highest BCUT2D eigenvalue weighted by Crippen LogP contribution is 2.44. The minimum Gasteiger partial charge on any atom is -0.508 e. The van der Waals surface area contributed by atoms with E-state index in [-0.39, 0.29) is 23.3 Å². The number of carboxylic acid groups (broad SMARTS) is 1. The van der Waals surface area contributed by atoms with Crippen molar-refractivity contribution >= 4 is 5.97 Å².